The summed E-state index contributed by atoms with van der Waals surface area (Å²) >= 11 is 0. The van der Waals surface area contributed by atoms with Crippen LogP contribution in [0.25, 0.3) is 0 Å². The average Bonchev–Trinajstić information content (AvgIpc) is 3.13. The number of rotatable bonds is 6. The minimum absolute atomic E-state index is 0.124. The number of hydrogen-bond donors (Lipinski definition) is 0. The molecule has 2 aromatic rings. The SMILES string of the molecule is COC(=O)c1cc(CN(C)C(=O)c2ccc(C)c(S(=O)(=O)N3CCCCC3)c2)oc1C. The lowest BCUT2D eigenvalue weighted by Crippen LogP contribution is -2.36. The molecule has 1 aromatic heterocycles. The van der Waals surface area contributed by atoms with E-state index in [9.17, 15) is 18.0 Å². The number of benzene rings is 1. The number of hydrogen-bond acceptors (Lipinski definition) is 6. The summed E-state index contributed by atoms with van der Waals surface area (Å²) in [6.45, 7) is 4.50. The molecule has 0 bridgehead atoms. The summed E-state index contributed by atoms with van der Waals surface area (Å²) in [5.41, 5.74) is 1.19. The zero-order valence-corrected chi connectivity index (χ0v) is 19.1. The first-order valence-corrected chi connectivity index (χ1v) is 11.6. The lowest BCUT2D eigenvalue weighted by molar-refractivity contribution is 0.0598. The molecule has 0 saturated carbocycles. The molecule has 0 radical (unpaired) electrons. The first kappa shape index (κ1) is 23.0. The molecule has 1 fully saturated rings. The average molecular weight is 449 g/mol. The zero-order valence-electron chi connectivity index (χ0n) is 18.3. The van der Waals surface area contributed by atoms with Crippen molar-refractivity contribution in [2.45, 2.75) is 44.6 Å². The second kappa shape index (κ2) is 9.23. The Morgan fingerprint density at radius 2 is 1.81 bits per heavy atom. The number of amides is 1. The van der Waals surface area contributed by atoms with Crippen LogP contribution in [0.4, 0.5) is 0 Å². The Bertz CT molecular complexity index is 1080. The van der Waals surface area contributed by atoms with E-state index in [1.165, 1.54) is 22.4 Å². The van der Waals surface area contributed by atoms with E-state index in [0.29, 0.717) is 35.7 Å². The van der Waals surface area contributed by atoms with E-state index in [0.717, 1.165) is 19.3 Å². The van der Waals surface area contributed by atoms with Gasteiger partial charge in [-0.05, 0) is 50.5 Å². The molecule has 1 saturated heterocycles. The van der Waals surface area contributed by atoms with Gasteiger partial charge in [0.15, 0.2) is 0 Å². The van der Waals surface area contributed by atoms with Gasteiger partial charge >= 0.3 is 5.97 Å². The van der Waals surface area contributed by atoms with Crippen LogP contribution in [0.15, 0.2) is 33.6 Å². The Balaban J connectivity index is 1.82. The molecule has 0 spiro atoms. The van der Waals surface area contributed by atoms with Gasteiger partial charge in [-0.1, -0.05) is 12.5 Å². The second-order valence-electron chi connectivity index (χ2n) is 7.78. The third-order valence-corrected chi connectivity index (χ3v) is 7.52. The molecular weight excluding hydrogens is 420 g/mol. The summed E-state index contributed by atoms with van der Waals surface area (Å²) in [5, 5.41) is 0. The highest BCUT2D eigenvalue weighted by atomic mass is 32.2. The normalized spacial score (nSPS) is 15.0. The van der Waals surface area contributed by atoms with Crippen LogP contribution in [0, 0.1) is 13.8 Å². The number of methoxy groups -OCH3 is 1. The molecule has 0 aliphatic carbocycles. The number of sulfonamides is 1. The Morgan fingerprint density at radius 3 is 2.45 bits per heavy atom. The molecule has 1 aliphatic rings. The third-order valence-electron chi connectivity index (χ3n) is 5.48. The van der Waals surface area contributed by atoms with Gasteiger partial charge in [-0.15, -0.1) is 0 Å². The van der Waals surface area contributed by atoms with Crippen molar-refractivity contribution in [1.29, 1.82) is 0 Å². The molecule has 1 amide bonds. The minimum atomic E-state index is -3.66. The number of carbonyl (C=O) groups is 2. The number of piperidine rings is 1. The predicted octanol–water partition coefficient (Wildman–Crippen LogP) is 3.13. The Labute approximate surface area is 182 Å². The lowest BCUT2D eigenvalue weighted by atomic mass is 10.1. The number of aryl methyl sites for hydroxylation is 2. The number of ether oxygens (including phenoxy) is 1. The van der Waals surface area contributed by atoms with Crippen molar-refractivity contribution in [3.63, 3.8) is 0 Å². The molecule has 1 aliphatic heterocycles. The molecule has 168 valence electrons. The maximum absolute atomic E-state index is 13.1. The Hall–Kier alpha value is -2.65. The van der Waals surface area contributed by atoms with Crippen molar-refractivity contribution < 1.29 is 27.2 Å². The maximum Gasteiger partial charge on any atom is 0.341 e. The number of carbonyl (C=O) groups excluding carboxylic acids is 2. The second-order valence-corrected chi connectivity index (χ2v) is 9.69. The Kier molecular flexibility index (Phi) is 6.86. The summed E-state index contributed by atoms with van der Waals surface area (Å²) in [6, 6.07) is 6.28. The van der Waals surface area contributed by atoms with Gasteiger partial charge in [-0.25, -0.2) is 13.2 Å². The molecule has 1 aromatic carbocycles. The van der Waals surface area contributed by atoms with E-state index < -0.39 is 16.0 Å². The van der Waals surface area contributed by atoms with E-state index in [4.69, 9.17) is 9.15 Å². The molecule has 2 heterocycles. The molecule has 9 heteroatoms. The van der Waals surface area contributed by atoms with Gasteiger partial charge in [0.1, 0.15) is 17.1 Å². The fourth-order valence-corrected chi connectivity index (χ4v) is 5.48. The highest BCUT2D eigenvalue weighted by molar-refractivity contribution is 7.89. The van der Waals surface area contributed by atoms with Crippen molar-refractivity contribution in [2.24, 2.45) is 0 Å². The standard InChI is InChI=1S/C22H28N2O6S/c1-15-8-9-17(12-20(15)31(27,28)24-10-6-5-7-11-24)21(25)23(3)14-18-13-19(16(2)30-18)22(26)29-4/h8-9,12-13H,5-7,10-11,14H2,1-4H3. The molecule has 0 atom stereocenters. The monoisotopic (exact) mass is 448 g/mol. The van der Waals surface area contributed by atoms with Gasteiger partial charge < -0.3 is 14.1 Å². The highest BCUT2D eigenvalue weighted by Gasteiger charge is 2.28. The van der Waals surface area contributed by atoms with Gasteiger partial charge in [0.2, 0.25) is 10.0 Å². The summed E-state index contributed by atoms with van der Waals surface area (Å²) in [6.07, 6.45) is 2.71. The van der Waals surface area contributed by atoms with Crippen LogP contribution in [0.3, 0.4) is 0 Å². The van der Waals surface area contributed by atoms with E-state index in [1.807, 2.05) is 0 Å². The van der Waals surface area contributed by atoms with Crippen molar-refractivity contribution in [3.05, 3.63) is 52.5 Å². The largest absolute Gasteiger partial charge is 0.465 e. The molecule has 3 rings (SSSR count). The summed E-state index contributed by atoms with van der Waals surface area (Å²) < 4.78 is 38.0. The van der Waals surface area contributed by atoms with Crippen LogP contribution in [0.5, 0.6) is 0 Å². The van der Waals surface area contributed by atoms with Crippen molar-refractivity contribution in [2.75, 3.05) is 27.2 Å². The fourth-order valence-electron chi connectivity index (χ4n) is 3.72. The fraction of sp³-hybridized carbons (Fsp3) is 0.455. The van der Waals surface area contributed by atoms with E-state index in [1.54, 1.807) is 39.1 Å². The maximum atomic E-state index is 13.1. The summed E-state index contributed by atoms with van der Waals surface area (Å²) in [7, 11) is -0.773. The van der Waals surface area contributed by atoms with Crippen LogP contribution in [0.1, 0.15) is 57.1 Å². The summed E-state index contributed by atoms with van der Waals surface area (Å²) in [4.78, 5) is 26.3. The van der Waals surface area contributed by atoms with E-state index in [-0.39, 0.29) is 22.9 Å². The van der Waals surface area contributed by atoms with Crippen LogP contribution in [-0.2, 0) is 21.3 Å². The van der Waals surface area contributed by atoms with Crippen molar-refractivity contribution in [3.8, 4) is 0 Å². The van der Waals surface area contributed by atoms with Crippen LogP contribution >= 0.6 is 0 Å². The number of furan rings is 1. The van der Waals surface area contributed by atoms with Gasteiger partial charge in [0.05, 0.1) is 18.6 Å². The molecular formula is C22H28N2O6S. The zero-order chi connectivity index (χ0) is 22.8. The van der Waals surface area contributed by atoms with Crippen molar-refractivity contribution in [1.82, 2.24) is 9.21 Å². The van der Waals surface area contributed by atoms with Crippen LogP contribution < -0.4 is 0 Å². The minimum Gasteiger partial charge on any atom is -0.465 e. The first-order chi connectivity index (χ1) is 14.6. The predicted molar refractivity (Wildman–Crippen MR) is 114 cm³/mol. The van der Waals surface area contributed by atoms with Gasteiger partial charge in [-0.3, -0.25) is 4.79 Å². The molecule has 8 nitrogen and oxygen atoms in total. The molecule has 0 N–H and O–H groups in total. The quantitative estimate of drug-likeness (QED) is 0.630. The molecule has 31 heavy (non-hydrogen) atoms. The van der Waals surface area contributed by atoms with Gasteiger partial charge in [0, 0.05) is 25.7 Å². The van der Waals surface area contributed by atoms with E-state index in [2.05, 4.69) is 0 Å². The van der Waals surface area contributed by atoms with Gasteiger partial charge in [0.25, 0.3) is 5.91 Å². The first-order valence-electron chi connectivity index (χ1n) is 10.2. The van der Waals surface area contributed by atoms with Gasteiger partial charge in [-0.2, -0.15) is 4.31 Å². The summed E-state index contributed by atoms with van der Waals surface area (Å²) in [5.74, 6) is -0.00805. The lowest BCUT2D eigenvalue weighted by Gasteiger charge is -2.27. The smallest absolute Gasteiger partial charge is 0.341 e. The van der Waals surface area contributed by atoms with Crippen LogP contribution in [-0.4, -0.2) is 56.7 Å². The third kappa shape index (κ3) is 4.83. The Morgan fingerprint density at radius 1 is 1.13 bits per heavy atom. The number of esters is 1. The van der Waals surface area contributed by atoms with E-state index >= 15 is 0 Å². The van der Waals surface area contributed by atoms with Crippen LogP contribution in [0.2, 0.25) is 0 Å². The highest BCUT2D eigenvalue weighted by Crippen LogP contribution is 2.25. The topological polar surface area (TPSA) is 97.1 Å². The molecule has 0 unspecified atom stereocenters. The van der Waals surface area contributed by atoms with Crippen molar-refractivity contribution >= 4 is 21.9 Å². The number of nitrogens with zero attached hydrogens (tertiary/aromatic N) is 2.